The lowest BCUT2D eigenvalue weighted by Crippen LogP contribution is -2.55. The van der Waals surface area contributed by atoms with Gasteiger partial charge in [0.2, 0.25) is 11.8 Å². The highest BCUT2D eigenvalue weighted by Crippen LogP contribution is 2.16. The molecule has 0 heterocycles. The predicted octanol–water partition coefficient (Wildman–Crippen LogP) is 3.51. The van der Waals surface area contributed by atoms with Gasteiger partial charge >= 0.3 is 5.97 Å². The van der Waals surface area contributed by atoms with Crippen LogP contribution in [0.2, 0.25) is 0 Å². The van der Waals surface area contributed by atoms with Crippen molar-refractivity contribution >= 4 is 17.8 Å². The van der Waals surface area contributed by atoms with E-state index in [-0.39, 0.29) is 36.2 Å². The van der Waals surface area contributed by atoms with Crippen molar-refractivity contribution < 1.29 is 19.1 Å². The standard InChI is InChI=1S/C26H43N3O4/c1-17(2)13-21(27)25(31)29(7)23(15-19(5)6)24(30)28-22(14-18(3)4)26(32)33-16-20-11-9-8-10-12-20/h8-12,17-19,21-23H,13-16,27H2,1-7H3,(H,28,30)/t21-,22+,23-/m0/s1. The van der Waals surface area contributed by atoms with E-state index in [0.29, 0.717) is 19.3 Å². The SMILES string of the molecule is CC(C)C[C@H](N)C(=O)N(C)[C@@H](CC(C)C)C(=O)N[C@H](CC(C)C)C(=O)OCc1ccccc1. The lowest BCUT2D eigenvalue weighted by atomic mass is 9.98. The molecule has 0 aliphatic carbocycles. The zero-order chi connectivity index (χ0) is 25.1. The third kappa shape index (κ3) is 10.4. The van der Waals surface area contributed by atoms with Crippen molar-refractivity contribution in [3.05, 3.63) is 35.9 Å². The van der Waals surface area contributed by atoms with Crippen LogP contribution in [0.25, 0.3) is 0 Å². The van der Waals surface area contributed by atoms with Gasteiger partial charge in [0.05, 0.1) is 6.04 Å². The van der Waals surface area contributed by atoms with Gasteiger partial charge < -0.3 is 20.7 Å². The van der Waals surface area contributed by atoms with Crippen molar-refractivity contribution in [1.82, 2.24) is 10.2 Å². The summed E-state index contributed by atoms with van der Waals surface area (Å²) in [6, 6.07) is 7.24. The summed E-state index contributed by atoms with van der Waals surface area (Å²) in [5.41, 5.74) is 6.98. The first kappa shape index (κ1) is 28.6. The van der Waals surface area contributed by atoms with Crippen molar-refractivity contribution in [3.63, 3.8) is 0 Å². The molecule has 0 fully saturated rings. The molecule has 0 saturated carbocycles. The number of nitrogens with zero attached hydrogens (tertiary/aromatic N) is 1. The summed E-state index contributed by atoms with van der Waals surface area (Å²) in [6.45, 7) is 12.1. The number of nitrogens with one attached hydrogen (secondary N) is 1. The largest absolute Gasteiger partial charge is 0.459 e. The maximum Gasteiger partial charge on any atom is 0.328 e. The predicted molar refractivity (Wildman–Crippen MR) is 131 cm³/mol. The van der Waals surface area contributed by atoms with Gasteiger partial charge in [-0.05, 0) is 42.6 Å². The average Bonchev–Trinajstić information content (AvgIpc) is 2.74. The van der Waals surface area contributed by atoms with E-state index in [2.05, 4.69) is 5.32 Å². The Balaban J connectivity index is 2.95. The Morgan fingerprint density at radius 1 is 0.909 bits per heavy atom. The molecule has 0 radical (unpaired) electrons. The number of nitrogens with two attached hydrogens (primary N) is 1. The first-order chi connectivity index (χ1) is 15.4. The van der Waals surface area contributed by atoms with Gasteiger partial charge in [-0.2, -0.15) is 0 Å². The van der Waals surface area contributed by atoms with Gasteiger partial charge in [0.15, 0.2) is 0 Å². The molecule has 0 unspecified atom stereocenters. The molecule has 7 nitrogen and oxygen atoms in total. The zero-order valence-electron chi connectivity index (χ0n) is 21.3. The van der Waals surface area contributed by atoms with Crippen molar-refractivity contribution in [2.24, 2.45) is 23.5 Å². The number of hydrogen-bond donors (Lipinski definition) is 2. The number of ether oxygens (including phenoxy) is 1. The summed E-state index contributed by atoms with van der Waals surface area (Å²) in [5.74, 6) is -0.498. The zero-order valence-corrected chi connectivity index (χ0v) is 21.3. The van der Waals surface area contributed by atoms with Crippen LogP contribution in [0.5, 0.6) is 0 Å². The van der Waals surface area contributed by atoms with Gasteiger partial charge in [-0.25, -0.2) is 4.79 Å². The van der Waals surface area contributed by atoms with Crippen molar-refractivity contribution in [1.29, 1.82) is 0 Å². The van der Waals surface area contributed by atoms with Crippen LogP contribution >= 0.6 is 0 Å². The third-order valence-corrected chi connectivity index (χ3v) is 5.39. The molecule has 0 aromatic heterocycles. The van der Waals surface area contributed by atoms with Gasteiger partial charge in [0, 0.05) is 7.05 Å². The van der Waals surface area contributed by atoms with E-state index in [1.807, 2.05) is 71.9 Å². The second-order valence-corrected chi connectivity index (χ2v) is 10.1. The molecule has 3 N–H and O–H groups in total. The molecule has 0 bridgehead atoms. The topological polar surface area (TPSA) is 102 Å². The van der Waals surface area contributed by atoms with E-state index in [0.717, 1.165) is 5.56 Å². The Hall–Kier alpha value is -2.41. The molecule has 2 amide bonds. The second kappa shape index (κ2) is 14.0. The Bertz CT molecular complexity index is 749. The number of carbonyl (C=O) groups is 3. The summed E-state index contributed by atoms with van der Waals surface area (Å²) in [6.07, 6.45) is 1.45. The fourth-order valence-corrected chi connectivity index (χ4v) is 3.69. The Kier molecular flexibility index (Phi) is 12.1. The van der Waals surface area contributed by atoms with Crippen LogP contribution in [0.3, 0.4) is 0 Å². The summed E-state index contributed by atoms with van der Waals surface area (Å²) < 4.78 is 5.49. The van der Waals surface area contributed by atoms with Crippen LogP contribution in [0.4, 0.5) is 0 Å². The van der Waals surface area contributed by atoms with Crippen LogP contribution in [-0.2, 0) is 25.7 Å². The van der Waals surface area contributed by atoms with Crippen molar-refractivity contribution in [2.45, 2.75) is 85.5 Å². The molecule has 0 aliphatic heterocycles. The maximum absolute atomic E-state index is 13.3. The Labute approximate surface area is 199 Å². The minimum absolute atomic E-state index is 0.141. The highest BCUT2D eigenvalue weighted by Gasteiger charge is 2.33. The van der Waals surface area contributed by atoms with Gasteiger partial charge in [0.1, 0.15) is 18.7 Å². The van der Waals surface area contributed by atoms with E-state index in [1.54, 1.807) is 7.05 Å². The van der Waals surface area contributed by atoms with Crippen molar-refractivity contribution in [3.8, 4) is 0 Å². The van der Waals surface area contributed by atoms with Gasteiger partial charge in [-0.3, -0.25) is 9.59 Å². The molecule has 0 aliphatic rings. The van der Waals surface area contributed by atoms with Crippen LogP contribution < -0.4 is 11.1 Å². The molecule has 7 heteroatoms. The fraction of sp³-hybridized carbons (Fsp3) is 0.654. The molecule has 186 valence electrons. The summed E-state index contributed by atoms with van der Waals surface area (Å²) in [5, 5.41) is 2.86. The lowest BCUT2D eigenvalue weighted by Gasteiger charge is -2.32. The Morgan fingerprint density at radius 2 is 1.45 bits per heavy atom. The van der Waals surface area contributed by atoms with Crippen LogP contribution in [0.1, 0.15) is 66.4 Å². The fourth-order valence-electron chi connectivity index (χ4n) is 3.69. The molecule has 0 spiro atoms. The number of hydrogen-bond acceptors (Lipinski definition) is 5. The normalized spacial score (nSPS) is 14.2. The number of amides is 2. The lowest BCUT2D eigenvalue weighted by molar-refractivity contribution is -0.150. The number of likely N-dealkylation sites (N-methyl/N-ethyl adjacent to an activating group) is 1. The van der Waals surface area contributed by atoms with E-state index in [4.69, 9.17) is 10.5 Å². The van der Waals surface area contributed by atoms with Crippen LogP contribution in [0, 0.1) is 17.8 Å². The number of carbonyl (C=O) groups excluding carboxylic acids is 3. The molecule has 3 atom stereocenters. The number of rotatable bonds is 13. The maximum atomic E-state index is 13.3. The summed E-state index contributed by atoms with van der Waals surface area (Å²) >= 11 is 0. The first-order valence-corrected chi connectivity index (χ1v) is 12.0. The van der Waals surface area contributed by atoms with Crippen LogP contribution in [0.15, 0.2) is 30.3 Å². The summed E-state index contributed by atoms with van der Waals surface area (Å²) in [7, 11) is 1.61. The summed E-state index contributed by atoms with van der Waals surface area (Å²) in [4.78, 5) is 40.4. The van der Waals surface area contributed by atoms with E-state index in [9.17, 15) is 14.4 Å². The number of esters is 1. The van der Waals surface area contributed by atoms with E-state index < -0.39 is 24.1 Å². The van der Waals surface area contributed by atoms with Gasteiger partial charge in [-0.1, -0.05) is 71.9 Å². The minimum atomic E-state index is -0.788. The van der Waals surface area contributed by atoms with Gasteiger partial charge in [-0.15, -0.1) is 0 Å². The molecular formula is C26H43N3O4. The monoisotopic (exact) mass is 461 g/mol. The Morgan fingerprint density at radius 3 is 1.97 bits per heavy atom. The molecule has 0 saturated heterocycles. The highest BCUT2D eigenvalue weighted by molar-refractivity contribution is 5.92. The quantitative estimate of drug-likeness (QED) is 0.438. The molecule has 1 aromatic rings. The molecular weight excluding hydrogens is 418 g/mol. The number of benzene rings is 1. The first-order valence-electron chi connectivity index (χ1n) is 12.0. The van der Waals surface area contributed by atoms with Crippen LogP contribution in [-0.4, -0.2) is 47.9 Å². The molecule has 1 rings (SSSR count). The van der Waals surface area contributed by atoms with E-state index in [1.165, 1.54) is 4.90 Å². The van der Waals surface area contributed by atoms with Gasteiger partial charge in [0.25, 0.3) is 0 Å². The van der Waals surface area contributed by atoms with E-state index >= 15 is 0 Å². The smallest absolute Gasteiger partial charge is 0.328 e. The minimum Gasteiger partial charge on any atom is -0.459 e. The molecule has 1 aromatic carbocycles. The van der Waals surface area contributed by atoms with Crippen molar-refractivity contribution in [2.75, 3.05) is 7.05 Å². The molecule has 33 heavy (non-hydrogen) atoms. The third-order valence-electron chi connectivity index (χ3n) is 5.39. The average molecular weight is 462 g/mol. The second-order valence-electron chi connectivity index (χ2n) is 10.1. The highest BCUT2D eigenvalue weighted by atomic mass is 16.5.